The van der Waals surface area contributed by atoms with Gasteiger partial charge in [-0.2, -0.15) is 5.10 Å². The maximum Gasteiger partial charge on any atom is 0.338 e. The zero-order valence-corrected chi connectivity index (χ0v) is 28.4. The summed E-state index contributed by atoms with van der Waals surface area (Å²) in [5.74, 6) is 0.218. The van der Waals surface area contributed by atoms with E-state index in [0.717, 1.165) is 12.7 Å². The Morgan fingerprint density at radius 3 is 2.55 bits per heavy atom. The van der Waals surface area contributed by atoms with Gasteiger partial charge in [0.05, 0.1) is 35.1 Å². The number of ether oxygens (including phenoxy) is 4. The predicted octanol–water partition coefficient (Wildman–Crippen LogP) is 5.20. The number of urea groups is 1. The van der Waals surface area contributed by atoms with Crippen LogP contribution in [-0.4, -0.2) is 44.4 Å². The summed E-state index contributed by atoms with van der Waals surface area (Å²) >= 11 is 4.43. The number of halogens is 2. The Morgan fingerprint density at radius 1 is 1.05 bits per heavy atom. The van der Waals surface area contributed by atoms with Crippen molar-refractivity contribution < 1.29 is 33.3 Å². The maximum atomic E-state index is 12.6. The van der Waals surface area contributed by atoms with Gasteiger partial charge in [0.2, 0.25) is 0 Å². The first-order valence-electron chi connectivity index (χ1n) is 13.4. The molecule has 3 N–H and O–H groups in total. The summed E-state index contributed by atoms with van der Waals surface area (Å²) in [6.07, 6.45) is 1.53. The highest BCUT2D eigenvalue weighted by molar-refractivity contribution is 14.1. The molecule has 0 unspecified atom stereocenters. The van der Waals surface area contributed by atoms with Gasteiger partial charge in [0.15, 0.2) is 18.1 Å². The Labute approximate surface area is 282 Å². The van der Waals surface area contributed by atoms with Crippen molar-refractivity contribution in [2.75, 3.05) is 20.3 Å². The fraction of sp³-hybridized carbons (Fsp3) is 0.226. The Hall–Kier alpha value is -3.86. The fourth-order valence-electron chi connectivity index (χ4n) is 4.31. The second kappa shape index (κ2) is 15.7. The average molecular weight is 824 g/mol. The first-order chi connectivity index (χ1) is 21.2. The first kappa shape index (κ1) is 33.0. The summed E-state index contributed by atoms with van der Waals surface area (Å²) in [7, 11) is 1.45. The Bertz CT molecular complexity index is 1600. The number of hydrogen-bond acceptors (Lipinski definition) is 8. The molecule has 11 nitrogen and oxygen atoms in total. The van der Waals surface area contributed by atoms with E-state index in [1.54, 1.807) is 32.0 Å². The van der Waals surface area contributed by atoms with Gasteiger partial charge in [-0.15, -0.1) is 0 Å². The van der Waals surface area contributed by atoms with Crippen molar-refractivity contribution in [2.24, 2.45) is 5.10 Å². The number of esters is 1. The molecule has 0 spiro atoms. The molecular weight excluding hydrogens is 794 g/mol. The summed E-state index contributed by atoms with van der Waals surface area (Å²) in [5, 5.41) is 9.45. The van der Waals surface area contributed by atoms with Gasteiger partial charge in [0, 0.05) is 14.8 Å². The molecule has 3 amide bonds. The van der Waals surface area contributed by atoms with Gasteiger partial charge in [-0.25, -0.2) is 15.0 Å². The third-order valence-corrected chi connectivity index (χ3v) is 7.72. The minimum atomic E-state index is -0.769. The summed E-state index contributed by atoms with van der Waals surface area (Å²) in [4.78, 5) is 37.4. The van der Waals surface area contributed by atoms with Crippen molar-refractivity contribution in [3.05, 3.63) is 95.8 Å². The summed E-state index contributed by atoms with van der Waals surface area (Å²) in [5.41, 5.74) is 5.46. The lowest BCUT2D eigenvalue weighted by atomic mass is 9.95. The van der Waals surface area contributed by atoms with E-state index in [1.165, 1.54) is 13.3 Å². The topological polar surface area (TPSA) is 137 Å². The molecule has 1 aliphatic heterocycles. The monoisotopic (exact) mass is 824 g/mol. The first-order valence-corrected chi connectivity index (χ1v) is 15.6. The normalized spacial score (nSPS) is 14.5. The lowest BCUT2D eigenvalue weighted by molar-refractivity contribution is -0.139. The molecule has 44 heavy (non-hydrogen) atoms. The Balaban J connectivity index is 1.41. The van der Waals surface area contributed by atoms with Gasteiger partial charge < -0.3 is 29.6 Å². The number of nitrogens with zero attached hydrogens (tertiary/aromatic N) is 1. The van der Waals surface area contributed by atoms with Crippen LogP contribution in [0.2, 0.25) is 0 Å². The number of carbonyl (C=O) groups is 3. The van der Waals surface area contributed by atoms with Crippen LogP contribution >= 0.6 is 45.2 Å². The molecule has 0 aliphatic carbocycles. The lowest BCUT2D eigenvalue weighted by Crippen LogP contribution is -2.45. The highest BCUT2D eigenvalue weighted by Gasteiger charge is 2.32. The van der Waals surface area contributed by atoms with E-state index in [9.17, 15) is 14.4 Å². The molecule has 1 aliphatic rings. The van der Waals surface area contributed by atoms with Crippen molar-refractivity contribution >= 4 is 69.3 Å². The molecule has 13 heteroatoms. The summed E-state index contributed by atoms with van der Waals surface area (Å²) in [6.45, 7) is 3.57. The third kappa shape index (κ3) is 8.62. The van der Waals surface area contributed by atoms with Crippen LogP contribution in [-0.2, 0) is 20.9 Å². The second-order valence-corrected chi connectivity index (χ2v) is 11.8. The van der Waals surface area contributed by atoms with Gasteiger partial charge in [0.25, 0.3) is 5.91 Å². The maximum absolute atomic E-state index is 12.6. The third-order valence-electron chi connectivity index (χ3n) is 6.30. The van der Waals surface area contributed by atoms with Gasteiger partial charge in [0.1, 0.15) is 12.4 Å². The number of nitrogens with one attached hydrogen (secondary N) is 3. The highest BCUT2D eigenvalue weighted by Crippen LogP contribution is 2.34. The number of benzene rings is 3. The minimum absolute atomic E-state index is 0.186. The SMILES string of the molecule is CCOC(=O)C1=C(C)NC(=O)N[C@@H]1c1ccc(OCC(=O)N/N=C\c2cc(I)cc(I)c2OCc2ccccc2)c(OC)c1. The Morgan fingerprint density at radius 2 is 1.82 bits per heavy atom. The fourth-order valence-corrected chi connectivity index (χ4v) is 6.36. The van der Waals surface area contributed by atoms with E-state index in [0.29, 0.717) is 34.9 Å². The molecule has 3 aromatic rings. The number of hydrogen-bond donors (Lipinski definition) is 3. The zero-order chi connectivity index (χ0) is 31.6. The van der Waals surface area contributed by atoms with Gasteiger partial charge in [-0.05, 0) is 94.4 Å². The predicted molar refractivity (Wildman–Crippen MR) is 181 cm³/mol. The molecule has 3 aromatic carbocycles. The van der Waals surface area contributed by atoms with Gasteiger partial charge >= 0.3 is 12.0 Å². The van der Waals surface area contributed by atoms with E-state index in [-0.39, 0.29) is 24.5 Å². The molecule has 230 valence electrons. The second-order valence-electron chi connectivity index (χ2n) is 9.36. The standard InChI is InChI=1S/C31H30I2N4O7/c1-4-42-30(39)27-18(2)35-31(40)36-28(27)20-10-11-24(25(13-20)41-3)43-17-26(38)37-34-15-21-12-22(32)14-23(33)29(21)44-16-19-8-6-5-7-9-19/h5-15,28H,4,16-17H2,1-3H3,(H,37,38)(H2,35,36,40)/b34-15-/t28-/m1/s1. The minimum Gasteiger partial charge on any atom is -0.493 e. The Kier molecular flexibility index (Phi) is 11.8. The van der Waals surface area contributed by atoms with E-state index in [4.69, 9.17) is 18.9 Å². The van der Waals surface area contributed by atoms with Crippen molar-refractivity contribution in [3.63, 3.8) is 0 Å². The largest absolute Gasteiger partial charge is 0.493 e. The van der Waals surface area contributed by atoms with Crippen LogP contribution < -0.4 is 30.3 Å². The molecule has 0 saturated carbocycles. The quantitative estimate of drug-likeness (QED) is 0.0989. The van der Waals surface area contributed by atoms with Crippen molar-refractivity contribution in [3.8, 4) is 17.2 Å². The molecule has 0 saturated heterocycles. The number of allylic oxidation sites excluding steroid dienone is 1. The van der Waals surface area contributed by atoms with Crippen LogP contribution in [0.15, 0.2) is 77.0 Å². The molecule has 1 heterocycles. The summed E-state index contributed by atoms with van der Waals surface area (Å²) in [6, 6.07) is 17.4. The zero-order valence-electron chi connectivity index (χ0n) is 24.1. The van der Waals surface area contributed by atoms with E-state index in [1.807, 2.05) is 42.5 Å². The van der Waals surface area contributed by atoms with Crippen molar-refractivity contribution in [1.82, 2.24) is 16.1 Å². The molecule has 0 fully saturated rings. The number of hydrazone groups is 1. The number of carbonyl (C=O) groups excluding carboxylic acids is 3. The molecule has 0 radical (unpaired) electrons. The van der Waals surface area contributed by atoms with E-state index in [2.05, 4.69) is 66.3 Å². The molecule has 0 bridgehead atoms. The van der Waals surface area contributed by atoms with Crippen molar-refractivity contribution in [1.29, 1.82) is 0 Å². The van der Waals surface area contributed by atoms with Crippen LogP contribution in [0.3, 0.4) is 0 Å². The van der Waals surface area contributed by atoms with Crippen LogP contribution in [0.25, 0.3) is 0 Å². The highest BCUT2D eigenvalue weighted by atomic mass is 127. The van der Waals surface area contributed by atoms with E-state index >= 15 is 0 Å². The lowest BCUT2D eigenvalue weighted by Gasteiger charge is -2.28. The van der Waals surface area contributed by atoms with Crippen LogP contribution in [0, 0.1) is 7.14 Å². The average Bonchev–Trinajstić information content (AvgIpc) is 2.99. The number of methoxy groups -OCH3 is 1. The summed E-state index contributed by atoms with van der Waals surface area (Å²) < 4.78 is 24.4. The number of rotatable bonds is 12. The van der Waals surface area contributed by atoms with Gasteiger partial charge in [-0.3, -0.25) is 4.79 Å². The van der Waals surface area contributed by atoms with Crippen LogP contribution in [0.5, 0.6) is 17.2 Å². The molecular formula is C31H30I2N4O7. The van der Waals surface area contributed by atoms with Crippen LogP contribution in [0.1, 0.15) is 36.6 Å². The van der Waals surface area contributed by atoms with Crippen LogP contribution in [0.4, 0.5) is 4.79 Å². The molecule has 0 aromatic heterocycles. The van der Waals surface area contributed by atoms with E-state index < -0.39 is 23.9 Å². The van der Waals surface area contributed by atoms with Gasteiger partial charge in [-0.1, -0.05) is 36.4 Å². The smallest absolute Gasteiger partial charge is 0.338 e. The molecule has 1 atom stereocenters. The number of amides is 3. The molecule has 4 rings (SSSR count). The van der Waals surface area contributed by atoms with Crippen molar-refractivity contribution in [2.45, 2.75) is 26.5 Å².